The molecule has 0 atom stereocenters. The summed E-state index contributed by atoms with van der Waals surface area (Å²) in [6, 6.07) is 4.19. The van der Waals surface area contributed by atoms with Gasteiger partial charge in [-0.15, -0.1) is 0 Å². The summed E-state index contributed by atoms with van der Waals surface area (Å²) in [6.45, 7) is 11.1. The summed E-state index contributed by atoms with van der Waals surface area (Å²) in [5.74, 6) is 1.63. The SMILES string of the molecule is CCNCCC(C)(C)CCc1cc(OC)c(OC)cc1C. The molecule has 0 amide bonds. The molecule has 0 aliphatic carbocycles. The van der Waals surface area contributed by atoms with E-state index in [0.29, 0.717) is 5.41 Å². The number of benzene rings is 1. The number of hydrogen-bond acceptors (Lipinski definition) is 3. The fourth-order valence-electron chi connectivity index (χ4n) is 2.49. The molecule has 1 rings (SSSR count). The van der Waals surface area contributed by atoms with Gasteiger partial charge in [0.1, 0.15) is 0 Å². The van der Waals surface area contributed by atoms with Crippen LogP contribution in [-0.4, -0.2) is 27.3 Å². The Labute approximate surface area is 130 Å². The highest BCUT2D eigenvalue weighted by atomic mass is 16.5. The van der Waals surface area contributed by atoms with Crippen molar-refractivity contribution in [2.24, 2.45) is 5.41 Å². The van der Waals surface area contributed by atoms with Crippen LogP contribution in [0.15, 0.2) is 12.1 Å². The van der Waals surface area contributed by atoms with Crippen LogP contribution in [0.2, 0.25) is 0 Å². The van der Waals surface area contributed by atoms with Crippen molar-refractivity contribution in [1.29, 1.82) is 0 Å². The number of rotatable bonds is 9. The highest BCUT2D eigenvalue weighted by Crippen LogP contribution is 2.33. The fraction of sp³-hybridized carbons (Fsp3) is 0.667. The van der Waals surface area contributed by atoms with Crippen LogP contribution in [0, 0.1) is 12.3 Å². The van der Waals surface area contributed by atoms with Gasteiger partial charge in [-0.1, -0.05) is 20.8 Å². The molecule has 0 fully saturated rings. The van der Waals surface area contributed by atoms with E-state index in [1.807, 2.05) is 0 Å². The van der Waals surface area contributed by atoms with Crippen molar-refractivity contribution in [3.05, 3.63) is 23.3 Å². The number of nitrogens with one attached hydrogen (secondary N) is 1. The summed E-state index contributed by atoms with van der Waals surface area (Å²) < 4.78 is 10.8. The Balaban J connectivity index is 2.70. The standard InChI is InChI=1S/C18H31NO2/c1-7-19-11-10-18(3,4)9-8-15-13-17(21-6)16(20-5)12-14(15)2/h12-13,19H,7-11H2,1-6H3. The molecule has 0 aromatic heterocycles. The van der Waals surface area contributed by atoms with E-state index in [2.05, 4.69) is 45.1 Å². The second-order valence-corrected chi connectivity index (χ2v) is 6.40. The molecule has 0 unspecified atom stereocenters. The van der Waals surface area contributed by atoms with Crippen LogP contribution < -0.4 is 14.8 Å². The molecule has 0 saturated carbocycles. The minimum Gasteiger partial charge on any atom is -0.493 e. The largest absolute Gasteiger partial charge is 0.493 e. The predicted octanol–water partition coefficient (Wildman–Crippen LogP) is 3.97. The van der Waals surface area contributed by atoms with E-state index >= 15 is 0 Å². The average Bonchev–Trinajstić information content (AvgIpc) is 2.45. The average molecular weight is 293 g/mol. The Morgan fingerprint density at radius 1 is 1.05 bits per heavy atom. The second kappa shape index (κ2) is 8.28. The number of ether oxygens (including phenoxy) is 2. The zero-order chi connectivity index (χ0) is 15.9. The smallest absolute Gasteiger partial charge is 0.161 e. The van der Waals surface area contributed by atoms with Crippen molar-refractivity contribution < 1.29 is 9.47 Å². The lowest BCUT2D eigenvalue weighted by molar-refractivity contribution is 0.302. The lowest BCUT2D eigenvalue weighted by atomic mass is 9.82. The van der Waals surface area contributed by atoms with Crippen LogP contribution in [0.4, 0.5) is 0 Å². The lowest BCUT2D eigenvalue weighted by Crippen LogP contribution is -2.22. The van der Waals surface area contributed by atoms with Crippen molar-refractivity contribution in [3.8, 4) is 11.5 Å². The third-order valence-electron chi connectivity index (χ3n) is 4.14. The van der Waals surface area contributed by atoms with Crippen LogP contribution in [0.5, 0.6) is 11.5 Å². The molecule has 3 heteroatoms. The molecule has 0 bridgehead atoms. The van der Waals surface area contributed by atoms with Gasteiger partial charge in [0.25, 0.3) is 0 Å². The molecular formula is C18H31NO2. The maximum Gasteiger partial charge on any atom is 0.161 e. The molecule has 1 aromatic rings. The van der Waals surface area contributed by atoms with E-state index < -0.39 is 0 Å². The topological polar surface area (TPSA) is 30.5 Å². The lowest BCUT2D eigenvalue weighted by Gasteiger charge is -2.25. The van der Waals surface area contributed by atoms with Gasteiger partial charge in [-0.3, -0.25) is 0 Å². The molecule has 0 aliphatic heterocycles. The summed E-state index contributed by atoms with van der Waals surface area (Å²) in [7, 11) is 3.37. The summed E-state index contributed by atoms with van der Waals surface area (Å²) in [6.07, 6.45) is 3.45. The van der Waals surface area contributed by atoms with E-state index in [4.69, 9.17) is 9.47 Å². The van der Waals surface area contributed by atoms with Gasteiger partial charge in [0.15, 0.2) is 11.5 Å². The second-order valence-electron chi connectivity index (χ2n) is 6.40. The molecule has 120 valence electrons. The van der Waals surface area contributed by atoms with E-state index in [-0.39, 0.29) is 0 Å². The molecule has 3 nitrogen and oxygen atoms in total. The molecule has 0 spiro atoms. The summed E-state index contributed by atoms with van der Waals surface area (Å²) >= 11 is 0. The monoisotopic (exact) mass is 293 g/mol. The van der Waals surface area contributed by atoms with Crippen molar-refractivity contribution in [2.45, 2.75) is 47.0 Å². The summed E-state index contributed by atoms with van der Waals surface area (Å²) in [5, 5.41) is 3.41. The minimum absolute atomic E-state index is 0.349. The Hall–Kier alpha value is -1.22. The number of methoxy groups -OCH3 is 2. The summed E-state index contributed by atoms with van der Waals surface area (Å²) in [5.41, 5.74) is 2.97. The van der Waals surface area contributed by atoms with Crippen LogP contribution in [0.25, 0.3) is 0 Å². The van der Waals surface area contributed by atoms with Gasteiger partial charge in [0.2, 0.25) is 0 Å². The molecule has 1 aromatic carbocycles. The zero-order valence-electron chi connectivity index (χ0n) is 14.5. The number of aryl methyl sites for hydroxylation is 2. The van der Waals surface area contributed by atoms with Crippen molar-refractivity contribution in [3.63, 3.8) is 0 Å². The predicted molar refractivity (Wildman–Crippen MR) is 89.5 cm³/mol. The van der Waals surface area contributed by atoms with Crippen molar-refractivity contribution in [2.75, 3.05) is 27.3 Å². The van der Waals surface area contributed by atoms with Gasteiger partial charge in [-0.25, -0.2) is 0 Å². The molecule has 1 N–H and O–H groups in total. The minimum atomic E-state index is 0.349. The number of hydrogen-bond donors (Lipinski definition) is 1. The molecular weight excluding hydrogens is 262 g/mol. The Morgan fingerprint density at radius 3 is 2.24 bits per heavy atom. The molecule has 0 saturated heterocycles. The van der Waals surface area contributed by atoms with Crippen LogP contribution in [0.3, 0.4) is 0 Å². The first kappa shape index (κ1) is 17.8. The highest BCUT2D eigenvalue weighted by Gasteiger charge is 2.18. The van der Waals surface area contributed by atoms with Gasteiger partial charge < -0.3 is 14.8 Å². The van der Waals surface area contributed by atoms with Crippen LogP contribution in [-0.2, 0) is 6.42 Å². The van der Waals surface area contributed by atoms with E-state index in [1.165, 1.54) is 24.0 Å². The Bertz CT molecular complexity index is 441. The quantitative estimate of drug-likeness (QED) is 0.699. The third kappa shape index (κ3) is 5.58. The van der Waals surface area contributed by atoms with Crippen molar-refractivity contribution in [1.82, 2.24) is 5.32 Å². The normalized spacial score (nSPS) is 11.5. The third-order valence-corrected chi connectivity index (χ3v) is 4.14. The fourth-order valence-corrected chi connectivity index (χ4v) is 2.49. The maximum absolute atomic E-state index is 5.41. The first-order valence-corrected chi connectivity index (χ1v) is 7.85. The van der Waals surface area contributed by atoms with E-state index in [0.717, 1.165) is 31.0 Å². The van der Waals surface area contributed by atoms with Gasteiger partial charge in [0, 0.05) is 0 Å². The van der Waals surface area contributed by atoms with Gasteiger partial charge in [0.05, 0.1) is 14.2 Å². The van der Waals surface area contributed by atoms with Crippen molar-refractivity contribution >= 4 is 0 Å². The molecule has 0 heterocycles. The van der Waals surface area contributed by atoms with Gasteiger partial charge in [-0.05, 0) is 68.0 Å². The van der Waals surface area contributed by atoms with Gasteiger partial charge in [-0.2, -0.15) is 0 Å². The summed E-state index contributed by atoms with van der Waals surface area (Å²) in [4.78, 5) is 0. The molecule has 0 radical (unpaired) electrons. The van der Waals surface area contributed by atoms with E-state index in [9.17, 15) is 0 Å². The highest BCUT2D eigenvalue weighted by molar-refractivity contribution is 5.47. The van der Waals surface area contributed by atoms with Crippen LogP contribution in [0.1, 0.15) is 44.7 Å². The van der Waals surface area contributed by atoms with E-state index in [1.54, 1.807) is 14.2 Å². The maximum atomic E-state index is 5.41. The first-order valence-electron chi connectivity index (χ1n) is 7.85. The van der Waals surface area contributed by atoms with Gasteiger partial charge >= 0.3 is 0 Å². The molecule has 0 aliphatic rings. The zero-order valence-corrected chi connectivity index (χ0v) is 14.5. The Kier molecular flexibility index (Phi) is 7.03. The first-order chi connectivity index (χ1) is 9.93. The molecule has 21 heavy (non-hydrogen) atoms. The van der Waals surface area contributed by atoms with Crippen LogP contribution >= 0.6 is 0 Å². The Morgan fingerprint density at radius 2 is 1.67 bits per heavy atom.